The average molecular weight is 479 g/mol. The van der Waals surface area contributed by atoms with E-state index in [4.69, 9.17) is 4.74 Å². The number of nitrogens with zero attached hydrogens (tertiary/aromatic N) is 2. The van der Waals surface area contributed by atoms with E-state index >= 15 is 0 Å². The number of ether oxygens (including phenoxy) is 1. The van der Waals surface area contributed by atoms with Crippen LogP contribution in [0, 0.1) is 0 Å². The van der Waals surface area contributed by atoms with Crippen LogP contribution in [0.4, 0.5) is 0 Å². The molecule has 0 unspecified atom stereocenters. The molecule has 0 N–H and O–H groups in total. The molecule has 3 rings (SSSR count). The molecule has 0 aliphatic rings. The lowest BCUT2D eigenvalue weighted by atomic mass is 10.2. The topological polar surface area (TPSA) is 94.8 Å². The van der Waals surface area contributed by atoms with E-state index < -0.39 is 21.7 Å². The summed E-state index contributed by atoms with van der Waals surface area (Å²) in [6.45, 7) is 2.67. The number of rotatable bonds is 7. The van der Waals surface area contributed by atoms with Crippen molar-refractivity contribution in [2.75, 3.05) is 24.9 Å². The third-order valence-electron chi connectivity index (χ3n) is 4.42. The van der Waals surface area contributed by atoms with Gasteiger partial charge >= 0.3 is 5.97 Å². The van der Waals surface area contributed by atoms with Crippen molar-refractivity contribution in [3.8, 4) is 0 Å². The first-order valence-corrected chi connectivity index (χ1v) is 13.5. The van der Waals surface area contributed by atoms with Crippen LogP contribution in [-0.4, -0.2) is 49.7 Å². The summed E-state index contributed by atoms with van der Waals surface area (Å²) < 4.78 is 31.4. The Morgan fingerprint density at radius 2 is 1.94 bits per heavy atom. The van der Waals surface area contributed by atoms with Crippen LogP contribution in [0.3, 0.4) is 0 Å². The summed E-state index contributed by atoms with van der Waals surface area (Å²) in [6.07, 6.45) is 3.09. The number of hydrogen-bond acceptors (Lipinski definition) is 7. The molecule has 0 saturated carbocycles. The van der Waals surface area contributed by atoms with E-state index in [9.17, 15) is 18.0 Å². The minimum Gasteiger partial charge on any atom is -0.462 e. The van der Waals surface area contributed by atoms with Crippen LogP contribution in [0.2, 0.25) is 0 Å². The van der Waals surface area contributed by atoms with E-state index in [-0.39, 0.29) is 17.1 Å². The molecule has 1 aromatic heterocycles. The number of sulfone groups is 1. The van der Waals surface area contributed by atoms with Crippen molar-refractivity contribution >= 4 is 55.0 Å². The maximum atomic E-state index is 12.8. The zero-order chi connectivity index (χ0) is 22.6. The first-order valence-electron chi connectivity index (χ1n) is 9.43. The second-order valence-electron chi connectivity index (χ2n) is 6.65. The smallest absolute Gasteiger partial charge is 0.338 e. The summed E-state index contributed by atoms with van der Waals surface area (Å²) in [5.41, 5.74) is 1.50. The number of aryl methyl sites for hydroxylation is 1. The van der Waals surface area contributed by atoms with Crippen molar-refractivity contribution in [3.63, 3.8) is 0 Å². The highest BCUT2D eigenvalue weighted by atomic mass is 32.2. The SMILES string of the molecule is CCOC(=O)c1ccc2c(c1)sc(=NC(=O)c1cccc(S(C)(=O)=O)c1)n2CCSC. The number of esters is 1. The second-order valence-corrected chi connectivity index (χ2v) is 10.7. The van der Waals surface area contributed by atoms with E-state index in [1.807, 2.05) is 16.9 Å². The van der Waals surface area contributed by atoms with Crippen LogP contribution < -0.4 is 4.80 Å². The van der Waals surface area contributed by atoms with Crippen LogP contribution in [0.5, 0.6) is 0 Å². The van der Waals surface area contributed by atoms with Gasteiger partial charge in [0.2, 0.25) is 0 Å². The first-order chi connectivity index (χ1) is 14.7. The van der Waals surface area contributed by atoms with E-state index in [2.05, 4.69) is 4.99 Å². The normalized spacial score (nSPS) is 12.3. The minimum atomic E-state index is -3.43. The lowest BCUT2D eigenvalue weighted by Crippen LogP contribution is -2.18. The van der Waals surface area contributed by atoms with Crippen LogP contribution in [0.25, 0.3) is 10.2 Å². The summed E-state index contributed by atoms with van der Waals surface area (Å²) in [7, 11) is -3.43. The molecule has 1 heterocycles. The largest absolute Gasteiger partial charge is 0.462 e. The van der Waals surface area contributed by atoms with Gasteiger partial charge in [0.1, 0.15) is 0 Å². The highest BCUT2D eigenvalue weighted by molar-refractivity contribution is 7.98. The van der Waals surface area contributed by atoms with E-state index in [1.165, 1.54) is 29.5 Å². The minimum absolute atomic E-state index is 0.0687. The number of carbonyl (C=O) groups is 2. The zero-order valence-electron chi connectivity index (χ0n) is 17.3. The number of thiazole rings is 1. The predicted octanol–water partition coefficient (Wildman–Crippen LogP) is 3.39. The summed E-state index contributed by atoms with van der Waals surface area (Å²) in [4.78, 5) is 29.7. The third kappa shape index (κ3) is 5.44. The molecule has 0 saturated heterocycles. The summed E-state index contributed by atoms with van der Waals surface area (Å²) >= 11 is 2.97. The Morgan fingerprint density at radius 3 is 2.61 bits per heavy atom. The van der Waals surface area contributed by atoms with Gasteiger partial charge in [-0.1, -0.05) is 17.4 Å². The molecule has 0 radical (unpaired) electrons. The highest BCUT2D eigenvalue weighted by Gasteiger charge is 2.14. The van der Waals surface area contributed by atoms with Gasteiger partial charge in [-0.3, -0.25) is 4.79 Å². The van der Waals surface area contributed by atoms with Gasteiger partial charge in [-0.05, 0) is 49.6 Å². The van der Waals surface area contributed by atoms with Gasteiger partial charge < -0.3 is 9.30 Å². The van der Waals surface area contributed by atoms with E-state index in [0.29, 0.717) is 16.9 Å². The molecule has 0 spiro atoms. The van der Waals surface area contributed by atoms with Gasteiger partial charge in [0, 0.05) is 24.1 Å². The monoisotopic (exact) mass is 478 g/mol. The number of aromatic nitrogens is 1. The van der Waals surface area contributed by atoms with E-state index in [0.717, 1.165) is 22.2 Å². The van der Waals surface area contributed by atoms with Crippen molar-refractivity contribution < 1.29 is 22.7 Å². The Kier molecular flexibility index (Phi) is 7.34. The van der Waals surface area contributed by atoms with Gasteiger partial charge in [0.25, 0.3) is 5.91 Å². The Bertz CT molecular complexity index is 1310. The lowest BCUT2D eigenvalue weighted by molar-refractivity contribution is 0.0526. The Hall–Kier alpha value is -2.43. The van der Waals surface area contributed by atoms with Crippen molar-refractivity contribution in [3.05, 3.63) is 58.4 Å². The molecule has 10 heteroatoms. The van der Waals surface area contributed by atoms with Gasteiger partial charge in [0.05, 0.1) is 27.3 Å². The van der Waals surface area contributed by atoms with Crippen LogP contribution in [-0.2, 0) is 21.1 Å². The predicted molar refractivity (Wildman–Crippen MR) is 124 cm³/mol. The quantitative estimate of drug-likeness (QED) is 0.483. The third-order valence-corrected chi connectivity index (χ3v) is 7.16. The molecule has 0 bridgehead atoms. The molecule has 2 aromatic carbocycles. The van der Waals surface area contributed by atoms with Crippen molar-refractivity contribution in [2.24, 2.45) is 4.99 Å². The van der Waals surface area contributed by atoms with Crippen molar-refractivity contribution in [2.45, 2.75) is 18.4 Å². The number of thioether (sulfide) groups is 1. The molecule has 0 fully saturated rings. The van der Waals surface area contributed by atoms with Gasteiger partial charge in [-0.15, -0.1) is 0 Å². The number of fused-ring (bicyclic) bond motifs is 1. The van der Waals surface area contributed by atoms with Crippen LogP contribution in [0.1, 0.15) is 27.6 Å². The second kappa shape index (κ2) is 9.80. The number of hydrogen-bond donors (Lipinski definition) is 0. The van der Waals surface area contributed by atoms with Gasteiger partial charge in [-0.2, -0.15) is 16.8 Å². The molecular weight excluding hydrogens is 456 g/mol. The summed E-state index contributed by atoms with van der Waals surface area (Å²) in [5, 5.41) is 0. The highest BCUT2D eigenvalue weighted by Crippen LogP contribution is 2.21. The molecule has 0 aliphatic carbocycles. The fraction of sp³-hybridized carbons (Fsp3) is 0.286. The molecule has 0 atom stereocenters. The maximum Gasteiger partial charge on any atom is 0.338 e. The summed E-state index contributed by atoms with van der Waals surface area (Å²) in [5.74, 6) is -0.114. The van der Waals surface area contributed by atoms with Crippen molar-refractivity contribution in [1.29, 1.82) is 0 Å². The molecular formula is C21H22N2O5S3. The maximum absolute atomic E-state index is 12.8. The molecule has 1 amide bonds. The molecule has 0 aliphatic heterocycles. The Morgan fingerprint density at radius 1 is 1.16 bits per heavy atom. The Labute approximate surface area is 188 Å². The lowest BCUT2D eigenvalue weighted by Gasteiger charge is -2.05. The molecule has 3 aromatic rings. The first kappa shape index (κ1) is 23.2. The number of benzene rings is 2. The molecule has 7 nitrogen and oxygen atoms in total. The van der Waals surface area contributed by atoms with E-state index in [1.54, 1.807) is 36.9 Å². The number of amides is 1. The molecule has 164 valence electrons. The summed E-state index contributed by atoms with van der Waals surface area (Å²) in [6, 6.07) is 11.1. The average Bonchev–Trinajstić information content (AvgIpc) is 3.07. The van der Waals surface area contributed by atoms with Crippen LogP contribution in [0.15, 0.2) is 52.4 Å². The van der Waals surface area contributed by atoms with Crippen LogP contribution >= 0.6 is 23.1 Å². The zero-order valence-corrected chi connectivity index (χ0v) is 19.8. The van der Waals surface area contributed by atoms with Gasteiger partial charge in [0.15, 0.2) is 14.6 Å². The Balaban J connectivity index is 2.09. The molecule has 31 heavy (non-hydrogen) atoms. The fourth-order valence-corrected chi connectivity index (χ4v) is 5.04. The number of carbonyl (C=O) groups excluding carboxylic acids is 2. The fourth-order valence-electron chi connectivity index (χ4n) is 2.91. The standard InChI is InChI=1S/C21H22N2O5S3/c1-4-28-20(25)15-8-9-17-18(13-15)30-21(23(17)10-11-29-2)22-19(24)14-6-5-7-16(12-14)31(3,26)27/h5-9,12-13H,4,10-11H2,1-3H3. The van der Waals surface area contributed by atoms with Gasteiger partial charge in [-0.25, -0.2) is 13.2 Å². The van der Waals surface area contributed by atoms with Crippen molar-refractivity contribution in [1.82, 2.24) is 4.57 Å².